The van der Waals surface area contributed by atoms with E-state index in [9.17, 15) is 17.6 Å². The normalized spacial score (nSPS) is 16.5. The Morgan fingerprint density at radius 1 is 1.27 bits per heavy atom. The molecule has 0 atom stereocenters. The SMILES string of the molecule is O=C(NCc1cccc(F)c1)C1CCN(S(=O)(=O)c2ccc(Br)s2)CC1. The highest BCUT2D eigenvalue weighted by atomic mass is 79.9. The van der Waals surface area contributed by atoms with Gasteiger partial charge in [-0.3, -0.25) is 4.79 Å². The first-order chi connectivity index (χ1) is 12.4. The number of nitrogens with one attached hydrogen (secondary N) is 1. The second kappa shape index (κ2) is 8.16. The molecule has 5 nitrogen and oxygen atoms in total. The molecule has 0 spiro atoms. The highest BCUT2D eigenvalue weighted by Crippen LogP contribution is 2.30. The van der Waals surface area contributed by atoms with Crippen molar-refractivity contribution in [3.8, 4) is 0 Å². The van der Waals surface area contributed by atoms with Crippen molar-refractivity contribution < 1.29 is 17.6 Å². The van der Waals surface area contributed by atoms with Gasteiger partial charge in [0, 0.05) is 25.6 Å². The Kier molecular flexibility index (Phi) is 6.11. The molecule has 1 amide bonds. The van der Waals surface area contributed by atoms with Crippen molar-refractivity contribution >= 4 is 43.2 Å². The number of sulfonamides is 1. The average Bonchev–Trinajstić information content (AvgIpc) is 3.07. The molecule has 1 aromatic heterocycles. The third-order valence-electron chi connectivity index (χ3n) is 4.32. The molecule has 0 bridgehead atoms. The van der Waals surface area contributed by atoms with Crippen LogP contribution in [0.4, 0.5) is 4.39 Å². The van der Waals surface area contributed by atoms with E-state index in [4.69, 9.17) is 0 Å². The zero-order valence-corrected chi connectivity index (χ0v) is 17.0. The summed E-state index contributed by atoms with van der Waals surface area (Å²) >= 11 is 4.46. The molecule has 1 fully saturated rings. The van der Waals surface area contributed by atoms with Gasteiger partial charge in [0.15, 0.2) is 0 Å². The molecule has 0 saturated carbocycles. The van der Waals surface area contributed by atoms with E-state index in [0.29, 0.717) is 35.7 Å². The average molecular weight is 461 g/mol. The van der Waals surface area contributed by atoms with Crippen LogP contribution in [0.25, 0.3) is 0 Å². The summed E-state index contributed by atoms with van der Waals surface area (Å²) in [4.78, 5) is 12.3. The van der Waals surface area contributed by atoms with Crippen molar-refractivity contribution in [1.82, 2.24) is 9.62 Å². The number of carbonyl (C=O) groups is 1. The van der Waals surface area contributed by atoms with Crippen LogP contribution in [0, 0.1) is 11.7 Å². The lowest BCUT2D eigenvalue weighted by atomic mass is 9.97. The molecule has 1 aliphatic heterocycles. The van der Waals surface area contributed by atoms with Crippen LogP contribution in [-0.2, 0) is 21.4 Å². The molecule has 1 N–H and O–H groups in total. The van der Waals surface area contributed by atoms with Gasteiger partial charge in [0.05, 0.1) is 3.79 Å². The van der Waals surface area contributed by atoms with Gasteiger partial charge in [-0.25, -0.2) is 12.8 Å². The van der Waals surface area contributed by atoms with Gasteiger partial charge in [-0.1, -0.05) is 12.1 Å². The Morgan fingerprint density at radius 3 is 2.62 bits per heavy atom. The van der Waals surface area contributed by atoms with Crippen molar-refractivity contribution in [3.05, 3.63) is 51.6 Å². The Balaban J connectivity index is 1.54. The summed E-state index contributed by atoms with van der Waals surface area (Å²) in [6, 6.07) is 9.38. The Hall–Kier alpha value is -1.29. The molecule has 26 heavy (non-hydrogen) atoms. The fourth-order valence-electron chi connectivity index (χ4n) is 2.90. The van der Waals surface area contributed by atoms with Gasteiger partial charge in [0.25, 0.3) is 10.0 Å². The second-order valence-electron chi connectivity index (χ2n) is 6.08. The van der Waals surface area contributed by atoms with Gasteiger partial charge in [0.2, 0.25) is 5.91 Å². The number of nitrogens with zero attached hydrogens (tertiary/aromatic N) is 1. The zero-order valence-electron chi connectivity index (χ0n) is 13.8. The van der Waals surface area contributed by atoms with Gasteiger partial charge in [-0.05, 0) is 58.6 Å². The lowest BCUT2D eigenvalue weighted by Gasteiger charge is -2.30. The number of amides is 1. The fourth-order valence-corrected chi connectivity index (χ4v) is 6.54. The molecular weight excluding hydrogens is 443 g/mol. The van der Waals surface area contributed by atoms with Gasteiger partial charge >= 0.3 is 0 Å². The number of thiophene rings is 1. The van der Waals surface area contributed by atoms with Crippen molar-refractivity contribution in [3.63, 3.8) is 0 Å². The zero-order chi connectivity index (χ0) is 18.7. The summed E-state index contributed by atoms with van der Waals surface area (Å²) in [6.45, 7) is 0.893. The van der Waals surface area contributed by atoms with E-state index in [1.54, 1.807) is 24.3 Å². The largest absolute Gasteiger partial charge is 0.352 e. The van der Waals surface area contributed by atoms with Crippen LogP contribution in [0.15, 0.2) is 44.4 Å². The molecule has 1 saturated heterocycles. The van der Waals surface area contributed by atoms with Crippen molar-refractivity contribution in [2.24, 2.45) is 5.92 Å². The van der Waals surface area contributed by atoms with Crippen LogP contribution in [0.5, 0.6) is 0 Å². The third kappa shape index (κ3) is 4.51. The number of piperidine rings is 1. The van der Waals surface area contributed by atoms with Gasteiger partial charge in [-0.2, -0.15) is 4.31 Å². The van der Waals surface area contributed by atoms with Crippen molar-refractivity contribution in [2.45, 2.75) is 23.6 Å². The van der Waals surface area contributed by atoms with E-state index in [-0.39, 0.29) is 24.2 Å². The summed E-state index contributed by atoms with van der Waals surface area (Å²) in [6.07, 6.45) is 0.946. The lowest BCUT2D eigenvalue weighted by molar-refractivity contribution is -0.126. The first-order valence-corrected chi connectivity index (χ1v) is 11.2. The standard InChI is InChI=1S/C17H18BrFN2O3S2/c18-15-4-5-16(25-15)26(23,24)21-8-6-13(7-9-21)17(22)20-11-12-2-1-3-14(19)10-12/h1-5,10,13H,6-9,11H2,(H,20,22). The summed E-state index contributed by atoms with van der Waals surface area (Å²) < 4.78 is 40.9. The first kappa shape index (κ1) is 19.5. The van der Waals surface area contributed by atoms with E-state index >= 15 is 0 Å². The monoisotopic (exact) mass is 460 g/mol. The fraction of sp³-hybridized carbons (Fsp3) is 0.353. The topological polar surface area (TPSA) is 66.5 Å². The number of hydrogen-bond acceptors (Lipinski definition) is 4. The minimum Gasteiger partial charge on any atom is -0.352 e. The van der Waals surface area contributed by atoms with E-state index in [1.165, 1.54) is 27.8 Å². The number of hydrogen-bond donors (Lipinski definition) is 1. The van der Waals surface area contributed by atoms with Gasteiger partial charge < -0.3 is 5.32 Å². The Bertz CT molecular complexity index is 893. The molecule has 1 aliphatic rings. The molecular formula is C17H18BrFN2O3S2. The number of halogens is 2. The Labute approximate surface area is 164 Å². The summed E-state index contributed by atoms with van der Waals surface area (Å²) in [5.41, 5.74) is 0.696. The summed E-state index contributed by atoms with van der Waals surface area (Å²) in [7, 11) is -3.50. The predicted molar refractivity (Wildman–Crippen MR) is 102 cm³/mol. The summed E-state index contributed by atoms with van der Waals surface area (Å²) in [5.74, 6) is -0.689. The molecule has 9 heteroatoms. The van der Waals surface area contributed by atoms with Crippen LogP contribution in [-0.4, -0.2) is 31.7 Å². The van der Waals surface area contributed by atoms with Crippen LogP contribution < -0.4 is 5.32 Å². The third-order valence-corrected chi connectivity index (χ3v) is 8.31. The van der Waals surface area contributed by atoms with Crippen molar-refractivity contribution in [2.75, 3.05) is 13.1 Å². The molecule has 140 valence electrons. The van der Waals surface area contributed by atoms with E-state index in [0.717, 1.165) is 3.79 Å². The van der Waals surface area contributed by atoms with Crippen molar-refractivity contribution in [1.29, 1.82) is 0 Å². The lowest BCUT2D eigenvalue weighted by Crippen LogP contribution is -2.42. The van der Waals surface area contributed by atoms with Crippen LogP contribution in [0.2, 0.25) is 0 Å². The quantitative estimate of drug-likeness (QED) is 0.743. The summed E-state index contributed by atoms with van der Waals surface area (Å²) in [5, 5.41) is 2.81. The van der Waals surface area contributed by atoms with E-state index < -0.39 is 10.0 Å². The van der Waals surface area contributed by atoms with Gasteiger partial charge in [0.1, 0.15) is 10.0 Å². The Morgan fingerprint density at radius 2 is 2.00 bits per heavy atom. The highest BCUT2D eigenvalue weighted by molar-refractivity contribution is 9.11. The minimum atomic E-state index is -3.50. The molecule has 2 aromatic rings. The maximum atomic E-state index is 13.2. The predicted octanol–water partition coefficient (Wildman–Crippen LogP) is 3.37. The second-order valence-corrected chi connectivity index (χ2v) is 10.7. The maximum Gasteiger partial charge on any atom is 0.252 e. The highest BCUT2D eigenvalue weighted by Gasteiger charge is 2.32. The molecule has 0 unspecified atom stereocenters. The van der Waals surface area contributed by atoms with E-state index in [2.05, 4.69) is 21.2 Å². The molecule has 3 rings (SSSR count). The molecule has 0 aliphatic carbocycles. The minimum absolute atomic E-state index is 0.120. The van der Waals surface area contributed by atoms with Crippen LogP contribution in [0.1, 0.15) is 18.4 Å². The molecule has 2 heterocycles. The smallest absolute Gasteiger partial charge is 0.252 e. The molecule has 0 radical (unpaired) electrons. The van der Waals surface area contributed by atoms with Crippen LogP contribution >= 0.6 is 27.3 Å². The molecule has 1 aromatic carbocycles. The maximum absolute atomic E-state index is 13.2. The number of carbonyl (C=O) groups excluding carboxylic acids is 1. The number of benzene rings is 1. The number of rotatable bonds is 5. The van der Waals surface area contributed by atoms with Gasteiger partial charge in [-0.15, -0.1) is 11.3 Å². The first-order valence-electron chi connectivity index (χ1n) is 8.14. The van der Waals surface area contributed by atoms with Crippen LogP contribution in [0.3, 0.4) is 0 Å². The van der Waals surface area contributed by atoms with E-state index in [1.807, 2.05) is 0 Å².